The molecule has 1 saturated heterocycles. The zero-order valence-electron chi connectivity index (χ0n) is 13.3. The van der Waals surface area contributed by atoms with Crippen molar-refractivity contribution < 1.29 is 0 Å². The van der Waals surface area contributed by atoms with Gasteiger partial charge >= 0.3 is 0 Å². The molecule has 0 N–H and O–H groups in total. The summed E-state index contributed by atoms with van der Waals surface area (Å²) >= 11 is 0. The van der Waals surface area contributed by atoms with Crippen molar-refractivity contribution >= 4 is 5.57 Å². The van der Waals surface area contributed by atoms with Crippen LogP contribution in [0.3, 0.4) is 0 Å². The third kappa shape index (κ3) is 4.20. The van der Waals surface area contributed by atoms with Crippen LogP contribution in [-0.2, 0) is 0 Å². The van der Waals surface area contributed by atoms with Gasteiger partial charge in [-0.15, -0.1) is 0 Å². The summed E-state index contributed by atoms with van der Waals surface area (Å²) in [6.07, 6.45) is 13.8. The van der Waals surface area contributed by atoms with Crippen molar-refractivity contribution in [2.24, 2.45) is 5.92 Å². The van der Waals surface area contributed by atoms with E-state index in [1.165, 1.54) is 70.0 Å². The third-order valence-corrected chi connectivity index (χ3v) is 5.17. The molecule has 21 heavy (non-hydrogen) atoms. The molecule has 2 fully saturated rings. The number of hydrogen-bond donors (Lipinski definition) is 0. The van der Waals surface area contributed by atoms with Crippen molar-refractivity contribution in [3.63, 3.8) is 0 Å². The Morgan fingerprint density at radius 1 is 0.905 bits per heavy atom. The number of allylic oxidation sites excluding steroid dienone is 1. The molecule has 1 aliphatic heterocycles. The molecule has 0 bridgehead atoms. The quantitative estimate of drug-likeness (QED) is 0.740. The largest absolute Gasteiger partial charge is 0.300 e. The van der Waals surface area contributed by atoms with Gasteiger partial charge in [0.05, 0.1) is 0 Å². The fraction of sp³-hybridized carbons (Fsp3) is 0.600. The van der Waals surface area contributed by atoms with E-state index in [1.807, 2.05) is 0 Å². The molecule has 0 spiro atoms. The summed E-state index contributed by atoms with van der Waals surface area (Å²) < 4.78 is 0. The molecule has 1 aromatic carbocycles. The summed E-state index contributed by atoms with van der Waals surface area (Å²) in [6, 6.07) is 11.1. The van der Waals surface area contributed by atoms with E-state index in [1.54, 1.807) is 5.57 Å². The second-order valence-electron chi connectivity index (χ2n) is 6.72. The maximum atomic E-state index is 2.63. The van der Waals surface area contributed by atoms with Crippen molar-refractivity contribution in [2.75, 3.05) is 19.6 Å². The lowest BCUT2D eigenvalue weighted by Crippen LogP contribution is -2.30. The highest BCUT2D eigenvalue weighted by Crippen LogP contribution is 2.35. The Morgan fingerprint density at radius 3 is 2.29 bits per heavy atom. The highest BCUT2D eigenvalue weighted by atomic mass is 15.1. The minimum Gasteiger partial charge on any atom is -0.300 e. The summed E-state index contributed by atoms with van der Waals surface area (Å²) in [5.74, 6) is 0.797. The second kappa shape index (κ2) is 7.79. The third-order valence-electron chi connectivity index (χ3n) is 5.17. The van der Waals surface area contributed by atoms with Gasteiger partial charge in [-0.25, -0.2) is 0 Å². The van der Waals surface area contributed by atoms with Crippen LogP contribution in [0, 0.1) is 5.92 Å². The minimum atomic E-state index is 0.797. The minimum absolute atomic E-state index is 0.797. The molecule has 1 saturated carbocycles. The zero-order valence-corrected chi connectivity index (χ0v) is 13.3. The predicted octanol–water partition coefficient (Wildman–Crippen LogP) is 5.14. The van der Waals surface area contributed by atoms with Crippen LogP contribution < -0.4 is 0 Å². The van der Waals surface area contributed by atoms with E-state index >= 15 is 0 Å². The molecule has 0 radical (unpaired) electrons. The van der Waals surface area contributed by atoms with Gasteiger partial charge in [-0.2, -0.15) is 0 Å². The SMILES string of the molecule is C(/CN1CCCCC1)=C(\c1ccccc1)C1CCCCC1. The average Bonchev–Trinajstić information content (AvgIpc) is 2.58. The van der Waals surface area contributed by atoms with Crippen molar-refractivity contribution in [3.8, 4) is 0 Å². The molecule has 0 atom stereocenters. The van der Waals surface area contributed by atoms with Gasteiger partial charge in [0.2, 0.25) is 0 Å². The number of hydrogen-bond acceptors (Lipinski definition) is 1. The number of benzene rings is 1. The first-order valence-corrected chi connectivity index (χ1v) is 8.91. The smallest absolute Gasteiger partial charge is 0.0169 e. The molecule has 0 amide bonds. The van der Waals surface area contributed by atoms with Gasteiger partial charge < -0.3 is 0 Å². The number of likely N-dealkylation sites (tertiary alicyclic amines) is 1. The Bertz CT molecular complexity index is 436. The van der Waals surface area contributed by atoms with Gasteiger partial charge in [0, 0.05) is 6.54 Å². The van der Waals surface area contributed by atoms with Gasteiger partial charge in [-0.3, -0.25) is 4.90 Å². The summed E-state index contributed by atoms with van der Waals surface area (Å²) in [7, 11) is 0. The Hall–Kier alpha value is -1.08. The normalized spacial score (nSPS) is 22.4. The van der Waals surface area contributed by atoms with E-state index in [0.29, 0.717) is 0 Å². The summed E-state index contributed by atoms with van der Waals surface area (Å²) in [4.78, 5) is 2.63. The maximum absolute atomic E-state index is 2.63. The van der Waals surface area contributed by atoms with Crippen LogP contribution in [0.15, 0.2) is 36.4 Å². The summed E-state index contributed by atoms with van der Waals surface area (Å²) in [5.41, 5.74) is 3.09. The fourth-order valence-electron chi connectivity index (χ4n) is 3.93. The van der Waals surface area contributed by atoms with Crippen molar-refractivity contribution in [1.29, 1.82) is 0 Å². The van der Waals surface area contributed by atoms with Gasteiger partial charge in [0.25, 0.3) is 0 Å². The van der Waals surface area contributed by atoms with Crippen LogP contribution in [-0.4, -0.2) is 24.5 Å². The fourth-order valence-corrected chi connectivity index (χ4v) is 3.93. The van der Waals surface area contributed by atoms with Gasteiger partial charge in [-0.1, -0.05) is 62.1 Å². The van der Waals surface area contributed by atoms with Crippen molar-refractivity contribution in [3.05, 3.63) is 42.0 Å². The zero-order chi connectivity index (χ0) is 14.3. The molecule has 1 heteroatoms. The summed E-state index contributed by atoms with van der Waals surface area (Å²) in [5, 5.41) is 0. The van der Waals surface area contributed by atoms with Crippen LogP contribution in [0.1, 0.15) is 56.9 Å². The molecular formula is C20H29N. The molecular weight excluding hydrogens is 254 g/mol. The highest BCUT2D eigenvalue weighted by molar-refractivity contribution is 5.67. The van der Waals surface area contributed by atoms with E-state index in [2.05, 4.69) is 41.3 Å². The predicted molar refractivity (Wildman–Crippen MR) is 91.3 cm³/mol. The highest BCUT2D eigenvalue weighted by Gasteiger charge is 2.19. The van der Waals surface area contributed by atoms with Crippen LogP contribution in [0.25, 0.3) is 5.57 Å². The maximum Gasteiger partial charge on any atom is 0.0169 e. The number of piperidine rings is 1. The van der Waals surface area contributed by atoms with E-state index in [4.69, 9.17) is 0 Å². The van der Waals surface area contributed by atoms with E-state index in [9.17, 15) is 0 Å². The van der Waals surface area contributed by atoms with Crippen LogP contribution in [0.5, 0.6) is 0 Å². The lowest BCUT2D eigenvalue weighted by atomic mass is 9.81. The average molecular weight is 283 g/mol. The van der Waals surface area contributed by atoms with Crippen molar-refractivity contribution in [1.82, 2.24) is 4.90 Å². The molecule has 114 valence electrons. The molecule has 1 aliphatic carbocycles. The van der Waals surface area contributed by atoms with E-state index in [0.717, 1.165) is 12.5 Å². The van der Waals surface area contributed by atoms with Gasteiger partial charge in [-0.05, 0) is 55.8 Å². The Balaban J connectivity index is 1.74. The lowest BCUT2D eigenvalue weighted by molar-refractivity contribution is 0.251. The molecule has 0 unspecified atom stereocenters. The first-order chi connectivity index (χ1) is 10.4. The van der Waals surface area contributed by atoms with Gasteiger partial charge in [0.1, 0.15) is 0 Å². The van der Waals surface area contributed by atoms with Gasteiger partial charge in [0.15, 0.2) is 0 Å². The first-order valence-electron chi connectivity index (χ1n) is 8.91. The van der Waals surface area contributed by atoms with E-state index < -0.39 is 0 Å². The van der Waals surface area contributed by atoms with Crippen LogP contribution >= 0.6 is 0 Å². The Labute approximate surface area is 130 Å². The molecule has 1 aromatic rings. The monoisotopic (exact) mass is 283 g/mol. The van der Waals surface area contributed by atoms with Crippen molar-refractivity contribution in [2.45, 2.75) is 51.4 Å². The molecule has 1 heterocycles. The Kier molecular flexibility index (Phi) is 5.51. The number of nitrogens with zero attached hydrogens (tertiary/aromatic N) is 1. The molecule has 2 aliphatic rings. The van der Waals surface area contributed by atoms with Crippen LogP contribution in [0.2, 0.25) is 0 Å². The second-order valence-corrected chi connectivity index (χ2v) is 6.72. The topological polar surface area (TPSA) is 3.24 Å². The number of rotatable bonds is 4. The standard InChI is InChI=1S/C20H29N/c1-4-10-18(11-5-1)20(19-12-6-2-7-13-19)14-17-21-15-8-3-9-16-21/h1,4-5,10-11,14,19H,2-3,6-9,12-13,15-17H2/b20-14-. The first kappa shape index (κ1) is 14.8. The molecule has 3 rings (SSSR count). The van der Waals surface area contributed by atoms with Crippen LogP contribution in [0.4, 0.5) is 0 Å². The molecule has 0 aromatic heterocycles. The lowest BCUT2D eigenvalue weighted by Gasteiger charge is -2.28. The molecule has 1 nitrogen and oxygen atoms in total. The summed E-state index contributed by atoms with van der Waals surface area (Å²) in [6.45, 7) is 3.74. The van der Waals surface area contributed by atoms with E-state index in [-0.39, 0.29) is 0 Å². The Morgan fingerprint density at radius 2 is 1.57 bits per heavy atom.